The highest BCUT2D eigenvalue weighted by Gasteiger charge is 2.45. The van der Waals surface area contributed by atoms with Crippen molar-refractivity contribution in [3.8, 4) is 0 Å². The van der Waals surface area contributed by atoms with Crippen molar-refractivity contribution in [1.82, 2.24) is 20.1 Å². The summed E-state index contributed by atoms with van der Waals surface area (Å²) in [5.41, 5.74) is 0.918. The highest BCUT2D eigenvalue weighted by atomic mass is 35.5. The summed E-state index contributed by atoms with van der Waals surface area (Å²) in [4.78, 5) is 19.1. The minimum Gasteiger partial charge on any atom is -0.481 e. The molecule has 10 heteroatoms. The number of carbonyl (C=O) groups is 1. The summed E-state index contributed by atoms with van der Waals surface area (Å²) >= 11 is 12.3. The summed E-state index contributed by atoms with van der Waals surface area (Å²) in [6, 6.07) is 10.1. The van der Waals surface area contributed by atoms with E-state index in [-0.39, 0.29) is 18.2 Å². The van der Waals surface area contributed by atoms with Crippen LogP contribution in [0.1, 0.15) is 36.7 Å². The molecule has 7 nitrogen and oxygen atoms in total. The molecule has 0 unspecified atom stereocenters. The van der Waals surface area contributed by atoms with E-state index in [9.17, 15) is 14.3 Å². The van der Waals surface area contributed by atoms with Gasteiger partial charge in [0, 0.05) is 40.8 Å². The number of nitrogens with one attached hydrogen (secondary N) is 2. The predicted molar refractivity (Wildman–Crippen MR) is 135 cm³/mol. The van der Waals surface area contributed by atoms with Crippen molar-refractivity contribution >= 4 is 40.8 Å². The normalized spacial score (nSPS) is 20.7. The van der Waals surface area contributed by atoms with Crippen molar-refractivity contribution in [2.45, 2.75) is 45.6 Å². The van der Waals surface area contributed by atoms with E-state index in [2.05, 4.69) is 25.4 Å². The summed E-state index contributed by atoms with van der Waals surface area (Å²) in [6.07, 6.45) is 1.55. The number of anilines is 2. The molecule has 186 valence electrons. The maximum absolute atomic E-state index is 14.7. The average molecular weight is 520 g/mol. The van der Waals surface area contributed by atoms with Crippen molar-refractivity contribution in [2.24, 2.45) is 5.41 Å². The van der Waals surface area contributed by atoms with E-state index in [4.69, 9.17) is 23.2 Å². The number of carboxylic acid groups (broad SMARTS) is 1. The van der Waals surface area contributed by atoms with Crippen molar-refractivity contribution in [3.05, 3.63) is 69.2 Å². The van der Waals surface area contributed by atoms with E-state index in [1.165, 1.54) is 12.1 Å². The first-order chi connectivity index (χ1) is 16.6. The Morgan fingerprint density at radius 2 is 2.09 bits per heavy atom. The summed E-state index contributed by atoms with van der Waals surface area (Å²) < 4.78 is 14.7. The van der Waals surface area contributed by atoms with E-state index < -0.39 is 17.2 Å². The molecule has 3 N–H and O–H groups in total. The Bertz CT molecular complexity index is 1220. The van der Waals surface area contributed by atoms with Crippen LogP contribution in [0.2, 0.25) is 10.0 Å². The molecule has 3 heterocycles. The molecule has 0 aliphatic carbocycles. The fourth-order valence-electron chi connectivity index (χ4n) is 4.74. The molecule has 0 saturated carbocycles. The van der Waals surface area contributed by atoms with Gasteiger partial charge in [-0.15, -0.1) is 0 Å². The van der Waals surface area contributed by atoms with Gasteiger partial charge in [0.25, 0.3) is 0 Å². The minimum atomic E-state index is -1.09. The van der Waals surface area contributed by atoms with E-state index in [0.717, 1.165) is 24.2 Å². The van der Waals surface area contributed by atoms with Crippen LogP contribution in [0.15, 0.2) is 36.4 Å². The average Bonchev–Trinajstić information content (AvgIpc) is 3.21. The molecular weight excluding hydrogens is 492 g/mol. The fourth-order valence-corrected chi connectivity index (χ4v) is 5.24. The molecule has 1 aromatic carbocycles. The number of aromatic amines is 1. The number of carboxylic acids is 1. The summed E-state index contributed by atoms with van der Waals surface area (Å²) in [5, 5.41) is 21.4. The second-order valence-electron chi connectivity index (χ2n) is 9.27. The lowest BCUT2D eigenvalue weighted by Gasteiger charge is -2.43. The van der Waals surface area contributed by atoms with E-state index in [0.29, 0.717) is 41.1 Å². The van der Waals surface area contributed by atoms with Gasteiger partial charge in [0.15, 0.2) is 5.82 Å². The molecule has 0 bridgehead atoms. The zero-order valence-corrected chi connectivity index (χ0v) is 21.1. The van der Waals surface area contributed by atoms with E-state index in [1.807, 2.05) is 26.0 Å². The molecule has 1 aliphatic heterocycles. The number of aromatic nitrogens is 3. The summed E-state index contributed by atoms with van der Waals surface area (Å²) in [5.74, 6) is -0.462. The van der Waals surface area contributed by atoms with E-state index in [1.54, 1.807) is 12.1 Å². The lowest BCUT2D eigenvalue weighted by Crippen LogP contribution is -2.50. The smallest absolute Gasteiger partial charge is 0.310 e. The lowest BCUT2D eigenvalue weighted by atomic mass is 9.72. The Morgan fingerprint density at radius 1 is 1.29 bits per heavy atom. The minimum absolute atomic E-state index is 0.00215. The molecule has 3 aromatic rings. The molecule has 1 aliphatic rings. The van der Waals surface area contributed by atoms with Gasteiger partial charge in [-0.25, -0.2) is 9.37 Å². The molecule has 1 fully saturated rings. The third-order valence-corrected chi connectivity index (χ3v) is 7.30. The van der Waals surface area contributed by atoms with Gasteiger partial charge >= 0.3 is 5.97 Å². The number of rotatable bonds is 8. The van der Waals surface area contributed by atoms with Gasteiger partial charge in [-0.1, -0.05) is 29.3 Å². The molecular formula is C25H28Cl2FN5O2. The monoisotopic (exact) mass is 519 g/mol. The summed E-state index contributed by atoms with van der Waals surface area (Å²) in [6.45, 7) is 5.22. The van der Waals surface area contributed by atoms with Crippen LogP contribution in [0.4, 0.5) is 16.0 Å². The first-order valence-electron chi connectivity index (χ1n) is 11.5. The van der Waals surface area contributed by atoms with Crippen molar-refractivity contribution in [2.75, 3.05) is 18.4 Å². The quantitative estimate of drug-likeness (QED) is 0.356. The Kier molecular flexibility index (Phi) is 7.64. The topological polar surface area (TPSA) is 94.1 Å². The molecule has 2 atom stereocenters. The van der Waals surface area contributed by atoms with Crippen LogP contribution in [0, 0.1) is 18.2 Å². The van der Waals surface area contributed by atoms with Gasteiger partial charge in [0.2, 0.25) is 0 Å². The van der Waals surface area contributed by atoms with Crippen LogP contribution < -0.4 is 5.32 Å². The lowest BCUT2D eigenvalue weighted by molar-refractivity contribution is -0.153. The highest BCUT2D eigenvalue weighted by molar-refractivity contribution is 6.35. The van der Waals surface area contributed by atoms with Gasteiger partial charge in [-0.05, 0) is 69.5 Å². The maximum atomic E-state index is 14.7. The maximum Gasteiger partial charge on any atom is 0.310 e. The molecule has 1 saturated heterocycles. The second-order valence-corrected chi connectivity index (χ2v) is 10.1. The number of benzene rings is 1. The van der Waals surface area contributed by atoms with Gasteiger partial charge < -0.3 is 15.3 Å². The van der Waals surface area contributed by atoms with Crippen LogP contribution >= 0.6 is 23.2 Å². The molecule has 4 rings (SSSR count). The zero-order chi connectivity index (χ0) is 25.2. The number of aliphatic carboxylic acids is 1. The molecule has 0 amide bonds. The van der Waals surface area contributed by atoms with Crippen LogP contribution in [0.5, 0.6) is 0 Å². The van der Waals surface area contributed by atoms with Gasteiger partial charge in [0.05, 0.1) is 11.1 Å². The van der Waals surface area contributed by atoms with Crippen molar-refractivity contribution in [1.29, 1.82) is 0 Å². The number of hydrogen-bond donors (Lipinski definition) is 3. The standard InChI is InChI=1S/C25H28Cl2FN5O2/c1-15-11-23(32-31-15)30-22-6-5-20(28)21(29-22)14-25(24(34)35)8-10-33(16(2)13-25)9-7-17-3-4-18(26)12-19(17)27/h3-6,11-12,16H,7-10,13-14H2,1-2H3,(H,34,35)(H2,29,30,31,32)/t16-,25-/m1/s1. The zero-order valence-electron chi connectivity index (χ0n) is 19.6. The number of hydrogen-bond acceptors (Lipinski definition) is 5. The SMILES string of the molecule is Cc1cc(Nc2ccc(F)c(C[C@@]3(C(=O)O)CCN(CCc4ccc(Cl)cc4Cl)[C@H](C)C3)n2)n[nH]1. The van der Waals surface area contributed by atoms with Crippen molar-refractivity contribution < 1.29 is 14.3 Å². The number of nitrogens with zero attached hydrogens (tertiary/aromatic N) is 3. The van der Waals surface area contributed by atoms with Crippen LogP contribution in [0.25, 0.3) is 0 Å². The number of H-pyrrole nitrogens is 1. The van der Waals surface area contributed by atoms with Crippen molar-refractivity contribution in [3.63, 3.8) is 0 Å². The Morgan fingerprint density at radius 3 is 2.74 bits per heavy atom. The Balaban J connectivity index is 1.45. The number of aryl methyl sites for hydroxylation is 1. The van der Waals surface area contributed by atoms with Gasteiger partial charge in [-0.3, -0.25) is 9.89 Å². The van der Waals surface area contributed by atoms with Crippen LogP contribution in [-0.2, 0) is 17.6 Å². The third-order valence-electron chi connectivity index (χ3n) is 6.71. The van der Waals surface area contributed by atoms with Crippen LogP contribution in [0.3, 0.4) is 0 Å². The number of halogens is 3. The van der Waals surface area contributed by atoms with Crippen LogP contribution in [-0.4, -0.2) is 50.3 Å². The molecule has 0 radical (unpaired) electrons. The third kappa shape index (κ3) is 5.94. The van der Waals surface area contributed by atoms with Gasteiger partial charge in [0.1, 0.15) is 11.6 Å². The number of likely N-dealkylation sites (tertiary alicyclic amines) is 1. The molecule has 35 heavy (non-hydrogen) atoms. The largest absolute Gasteiger partial charge is 0.481 e. The summed E-state index contributed by atoms with van der Waals surface area (Å²) in [7, 11) is 0. The molecule has 2 aromatic heterocycles. The number of piperidine rings is 1. The highest BCUT2D eigenvalue weighted by Crippen LogP contribution is 2.39. The second kappa shape index (κ2) is 10.5. The predicted octanol–water partition coefficient (Wildman–Crippen LogP) is 5.64. The molecule has 0 spiro atoms. The Hall–Kier alpha value is -2.68. The van der Waals surface area contributed by atoms with Gasteiger partial charge in [-0.2, -0.15) is 5.10 Å². The van der Waals surface area contributed by atoms with E-state index >= 15 is 0 Å². The fraction of sp³-hybridized carbons (Fsp3) is 0.400. The number of pyridine rings is 1. The first kappa shape index (κ1) is 25.4. The Labute approximate surface area is 213 Å². The first-order valence-corrected chi connectivity index (χ1v) is 12.3.